The van der Waals surface area contributed by atoms with Crippen molar-refractivity contribution in [2.24, 2.45) is 0 Å². The number of hydrogen-bond donors (Lipinski definition) is 0. The molecule has 76 valence electrons. The summed E-state index contributed by atoms with van der Waals surface area (Å²) in [5.74, 6) is -0.0750. The second-order valence-electron chi connectivity index (χ2n) is 3.16. The zero-order valence-corrected chi connectivity index (χ0v) is 8.71. The predicted octanol–water partition coefficient (Wildman–Crippen LogP) is 3.63. The van der Waals surface area contributed by atoms with Crippen molar-refractivity contribution in [3.05, 3.63) is 54.1 Å². The Morgan fingerprint density at radius 3 is 2.53 bits per heavy atom. The van der Waals surface area contributed by atoms with E-state index in [-0.39, 0.29) is 11.7 Å². The number of rotatable bonds is 2. The summed E-state index contributed by atoms with van der Waals surface area (Å²) >= 11 is 5.75. The monoisotopic (exact) mass is 221 g/mol. The van der Waals surface area contributed by atoms with Gasteiger partial charge in [-0.3, -0.25) is 4.98 Å². The zero-order chi connectivity index (χ0) is 10.7. The van der Waals surface area contributed by atoms with E-state index >= 15 is 0 Å². The summed E-state index contributed by atoms with van der Waals surface area (Å²) in [7, 11) is 0. The van der Waals surface area contributed by atoms with Crippen LogP contribution in [-0.2, 0) is 5.88 Å². The fraction of sp³-hybridized carbons (Fsp3) is 0.0833. The van der Waals surface area contributed by atoms with Gasteiger partial charge in [-0.1, -0.05) is 30.3 Å². The number of pyridine rings is 1. The first-order valence-electron chi connectivity index (χ1n) is 4.56. The molecular formula is C12H9ClFN. The van der Waals surface area contributed by atoms with E-state index in [1.807, 2.05) is 30.3 Å². The van der Waals surface area contributed by atoms with Crippen molar-refractivity contribution in [3.63, 3.8) is 0 Å². The third-order valence-electron chi connectivity index (χ3n) is 2.18. The van der Waals surface area contributed by atoms with Crippen molar-refractivity contribution in [1.29, 1.82) is 0 Å². The van der Waals surface area contributed by atoms with Crippen molar-refractivity contribution >= 4 is 11.6 Å². The van der Waals surface area contributed by atoms with E-state index in [1.165, 1.54) is 6.20 Å². The fourth-order valence-electron chi connectivity index (χ4n) is 1.50. The van der Waals surface area contributed by atoms with Gasteiger partial charge in [0.05, 0.1) is 6.20 Å². The molecular weight excluding hydrogens is 213 g/mol. The largest absolute Gasteiger partial charge is 0.261 e. The van der Waals surface area contributed by atoms with Gasteiger partial charge in [-0.15, -0.1) is 11.6 Å². The van der Waals surface area contributed by atoms with Gasteiger partial charge in [-0.05, 0) is 11.1 Å². The quantitative estimate of drug-likeness (QED) is 0.706. The first kappa shape index (κ1) is 10.1. The molecule has 0 aliphatic carbocycles. The molecule has 2 aromatic rings. The number of halogens is 2. The van der Waals surface area contributed by atoms with Crippen LogP contribution in [0, 0.1) is 5.82 Å². The molecule has 1 aromatic carbocycles. The van der Waals surface area contributed by atoms with Gasteiger partial charge in [0.25, 0.3) is 0 Å². The molecule has 15 heavy (non-hydrogen) atoms. The lowest BCUT2D eigenvalue weighted by molar-refractivity contribution is 0.623. The zero-order valence-electron chi connectivity index (χ0n) is 7.95. The van der Waals surface area contributed by atoms with E-state index in [4.69, 9.17) is 11.6 Å². The molecule has 0 atom stereocenters. The molecule has 0 fully saturated rings. The maximum absolute atomic E-state index is 13.6. The van der Waals surface area contributed by atoms with Crippen LogP contribution in [-0.4, -0.2) is 4.98 Å². The average Bonchev–Trinajstić information content (AvgIpc) is 2.29. The number of aromatic nitrogens is 1. The van der Waals surface area contributed by atoms with Gasteiger partial charge >= 0.3 is 0 Å². The lowest BCUT2D eigenvalue weighted by Crippen LogP contribution is -1.92. The van der Waals surface area contributed by atoms with Crippen LogP contribution in [0.15, 0.2) is 42.7 Å². The normalized spacial score (nSPS) is 10.3. The Hall–Kier alpha value is -1.41. The van der Waals surface area contributed by atoms with Crippen LogP contribution in [0.4, 0.5) is 4.39 Å². The molecule has 0 aliphatic rings. The summed E-state index contributed by atoms with van der Waals surface area (Å²) < 4.78 is 13.6. The molecule has 0 amide bonds. The van der Waals surface area contributed by atoms with E-state index in [0.717, 1.165) is 5.56 Å². The summed E-state index contributed by atoms with van der Waals surface area (Å²) in [6.07, 6.45) is 2.80. The molecule has 0 bridgehead atoms. The Bertz CT molecular complexity index is 456. The van der Waals surface area contributed by atoms with Crippen molar-refractivity contribution in [3.8, 4) is 11.1 Å². The van der Waals surface area contributed by atoms with E-state index in [1.54, 1.807) is 6.20 Å². The highest BCUT2D eigenvalue weighted by molar-refractivity contribution is 6.17. The van der Waals surface area contributed by atoms with Crippen LogP contribution in [0.3, 0.4) is 0 Å². The highest BCUT2D eigenvalue weighted by atomic mass is 35.5. The fourth-order valence-corrected chi connectivity index (χ4v) is 1.71. The number of alkyl halides is 1. The minimum absolute atomic E-state index is 0.259. The Balaban J connectivity index is 2.61. The average molecular weight is 222 g/mol. The molecule has 0 saturated heterocycles. The minimum Gasteiger partial charge on any atom is -0.261 e. The van der Waals surface area contributed by atoms with Crippen LogP contribution in [0.2, 0.25) is 0 Å². The van der Waals surface area contributed by atoms with E-state index in [9.17, 15) is 4.39 Å². The van der Waals surface area contributed by atoms with Crippen molar-refractivity contribution in [1.82, 2.24) is 4.98 Å². The molecule has 0 N–H and O–H groups in total. The molecule has 0 saturated carbocycles. The van der Waals surface area contributed by atoms with Crippen LogP contribution >= 0.6 is 11.6 Å². The Labute approximate surface area is 92.5 Å². The summed E-state index contributed by atoms with van der Waals surface area (Å²) in [6, 6.07) is 9.34. The lowest BCUT2D eigenvalue weighted by Gasteiger charge is -2.07. The predicted molar refractivity (Wildman–Crippen MR) is 59.2 cm³/mol. The van der Waals surface area contributed by atoms with Gasteiger partial charge in [0.1, 0.15) is 5.82 Å². The Morgan fingerprint density at radius 1 is 1.13 bits per heavy atom. The highest BCUT2D eigenvalue weighted by Crippen LogP contribution is 2.26. The SMILES string of the molecule is Fc1cncc(CCl)c1-c1ccccc1. The van der Waals surface area contributed by atoms with Crippen LogP contribution in [0.25, 0.3) is 11.1 Å². The van der Waals surface area contributed by atoms with E-state index in [2.05, 4.69) is 4.98 Å². The van der Waals surface area contributed by atoms with Gasteiger partial charge in [-0.2, -0.15) is 0 Å². The second-order valence-corrected chi connectivity index (χ2v) is 3.42. The molecule has 1 nitrogen and oxygen atoms in total. The molecule has 0 radical (unpaired) electrons. The third-order valence-corrected chi connectivity index (χ3v) is 2.47. The molecule has 0 spiro atoms. The van der Waals surface area contributed by atoms with Crippen molar-refractivity contribution in [2.45, 2.75) is 5.88 Å². The maximum atomic E-state index is 13.6. The van der Waals surface area contributed by atoms with Gasteiger partial charge in [0.2, 0.25) is 0 Å². The number of hydrogen-bond acceptors (Lipinski definition) is 1. The molecule has 0 unspecified atom stereocenters. The first-order valence-corrected chi connectivity index (χ1v) is 5.10. The van der Waals surface area contributed by atoms with Crippen LogP contribution in [0.5, 0.6) is 0 Å². The molecule has 0 aliphatic heterocycles. The maximum Gasteiger partial charge on any atom is 0.149 e. The van der Waals surface area contributed by atoms with Gasteiger partial charge in [0, 0.05) is 17.6 Å². The summed E-state index contributed by atoms with van der Waals surface area (Å²) in [4.78, 5) is 3.78. The Morgan fingerprint density at radius 2 is 1.87 bits per heavy atom. The molecule has 2 rings (SSSR count). The molecule has 3 heteroatoms. The Kier molecular flexibility index (Phi) is 2.97. The first-order chi connectivity index (χ1) is 7.33. The van der Waals surface area contributed by atoms with Crippen molar-refractivity contribution < 1.29 is 4.39 Å². The summed E-state index contributed by atoms with van der Waals surface area (Å²) in [5.41, 5.74) is 2.08. The minimum atomic E-state index is -0.334. The smallest absolute Gasteiger partial charge is 0.149 e. The molecule has 1 heterocycles. The van der Waals surface area contributed by atoms with Crippen LogP contribution < -0.4 is 0 Å². The van der Waals surface area contributed by atoms with Crippen molar-refractivity contribution in [2.75, 3.05) is 0 Å². The van der Waals surface area contributed by atoms with Gasteiger partial charge in [0.15, 0.2) is 0 Å². The number of benzene rings is 1. The standard InChI is InChI=1S/C12H9ClFN/c13-6-10-7-15-8-11(14)12(10)9-4-2-1-3-5-9/h1-5,7-8H,6H2. The van der Waals surface area contributed by atoms with E-state index in [0.29, 0.717) is 11.1 Å². The van der Waals surface area contributed by atoms with E-state index < -0.39 is 0 Å². The third kappa shape index (κ3) is 2.00. The topological polar surface area (TPSA) is 12.9 Å². The molecule has 1 aromatic heterocycles. The lowest BCUT2D eigenvalue weighted by atomic mass is 10.0. The van der Waals surface area contributed by atoms with Gasteiger partial charge < -0.3 is 0 Å². The van der Waals surface area contributed by atoms with Crippen LogP contribution in [0.1, 0.15) is 5.56 Å². The number of nitrogens with zero attached hydrogens (tertiary/aromatic N) is 1. The summed E-state index contributed by atoms with van der Waals surface area (Å²) in [5, 5.41) is 0. The highest BCUT2D eigenvalue weighted by Gasteiger charge is 2.09. The summed E-state index contributed by atoms with van der Waals surface area (Å²) in [6.45, 7) is 0. The second kappa shape index (κ2) is 4.41. The van der Waals surface area contributed by atoms with Gasteiger partial charge in [-0.25, -0.2) is 4.39 Å².